The van der Waals surface area contributed by atoms with Gasteiger partial charge in [-0.25, -0.2) is 4.98 Å². The third-order valence-corrected chi connectivity index (χ3v) is 3.22. The van der Waals surface area contributed by atoms with Crippen molar-refractivity contribution < 1.29 is 0 Å². The van der Waals surface area contributed by atoms with Crippen LogP contribution in [-0.2, 0) is 0 Å². The van der Waals surface area contributed by atoms with Crippen LogP contribution in [0.4, 0.5) is 11.8 Å². The normalized spacial score (nSPS) is 21.1. The first-order valence-corrected chi connectivity index (χ1v) is 6.37. The van der Waals surface area contributed by atoms with Gasteiger partial charge in [-0.2, -0.15) is 4.98 Å². The van der Waals surface area contributed by atoms with Gasteiger partial charge >= 0.3 is 0 Å². The second-order valence-electron chi connectivity index (χ2n) is 5.53. The minimum absolute atomic E-state index is 0.413. The molecule has 0 aliphatic heterocycles. The molecule has 1 fully saturated rings. The van der Waals surface area contributed by atoms with Gasteiger partial charge in [-0.05, 0) is 25.2 Å². The Balaban J connectivity index is 2.04. The molecule has 1 heterocycles. The quantitative estimate of drug-likeness (QED) is 0.822. The maximum Gasteiger partial charge on any atom is 0.224 e. The van der Waals surface area contributed by atoms with E-state index in [4.69, 9.17) is 0 Å². The summed E-state index contributed by atoms with van der Waals surface area (Å²) in [6.07, 6.45) is 2.30. The molecule has 0 radical (unpaired) electrons. The van der Waals surface area contributed by atoms with E-state index in [1.807, 2.05) is 13.0 Å². The van der Waals surface area contributed by atoms with Gasteiger partial charge in [-0.15, -0.1) is 0 Å². The van der Waals surface area contributed by atoms with E-state index in [0.717, 1.165) is 30.4 Å². The van der Waals surface area contributed by atoms with Crippen molar-refractivity contribution in [2.45, 2.75) is 46.6 Å². The molecule has 94 valence electrons. The Bertz CT molecular complexity index is 400. The fourth-order valence-electron chi connectivity index (χ4n) is 1.85. The fraction of sp³-hybridized carbons (Fsp3) is 0.692. The Hall–Kier alpha value is -1.32. The highest BCUT2D eigenvalue weighted by molar-refractivity contribution is 5.44. The third kappa shape index (κ3) is 3.08. The molecule has 1 aromatic rings. The van der Waals surface area contributed by atoms with Crippen LogP contribution in [0.15, 0.2) is 6.07 Å². The second kappa shape index (κ2) is 4.51. The number of aryl methyl sites for hydroxylation is 1. The van der Waals surface area contributed by atoms with E-state index in [1.165, 1.54) is 6.42 Å². The van der Waals surface area contributed by atoms with Crippen LogP contribution in [0.1, 0.15) is 39.3 Å². The summed E-state index contributed by atoms with van der Waals surface area (Å²) in [6.45, 7) is 9.60. The number of nitrogens with one attached hydrogen (secondary N) is 2. The summed E-state index contributed by atoms with van der Waals surface area (Å²) < 4.78 is 0. The summed E-state index contributed by atoms with van der Waals surface area (Å²) >= 11 is 0. The van der Waals surface area contributed by atoms with Crippen molar-refractivity contribution in [3.8, 4) is 0 Å². The Labute approximate surface area is 103 Å². The first-order valence-electron chi connectivity index (χ1n) is 6.37. The van der Waals surface area contributed by atoms with Crippen LogP contribution in [0.2, 0.25) is 0 Å². The SMILES string of the molecule is CCCNc1nc(C)cc(NC2CC2(C)C)n1. The van der Waals surface area contributed by atoms with Gasteiger partial charge < -0.3 is 10.6 Å². The minimum atomic E-state index is 0.413. The topological polar surface area (TPSA) is 49.8 Å². The largest absolute Gasteiger partial charge is 0.367 e. The van der Waals surface area contributed by atoms with Gasteiger partial charge in [0.25, 0.3) is 0 Å². The first-order chi connectivity index (χ1) is 8.01. The molecule has 0 saturated heterocycles. The van der Waals surface area contributed by atoms with Gasteiger partial charge in [0, 0.05) is 24.3 Å². The van der Waals surface area contributed by atoms with E-state index in [9.17, 15) is 0 Å². The van der Waals surface area contributed by atoms with Gasteiger partial charge in [0.2, 0.25) is 5.95 Å². The lowest BCUT2D eigenvalue weighted by molar-refractivity contribution is 0.630. The molecule has 0 aromatic carbocycles. The van der Waals surface area contributed by atoms with Crippen LogP contribution >= 0.6 is 0 Å². The van der Waals surface area contributed by atoms with E-state index >= 15 is 0 Å². The fourth-order valence-corrected chi connectivity index (χ4v) is 1.85. The summed E-state index contributed by atoms with van der Waals surface area (Å²) in [5.74, 6) is 1.67. The predicted molar refractivity (Wildman–Crippen MR) is 71.4 cm³/mol. The van der Waals surface area contributed by atoms with Crippen LogP contribution in [0.5, 0.6) is 0 Å². The van der Waals surface area contributed by atoms with Gasteiger partial charge in [-0.3, -0.25) is 0 Å². The van der Waals surface area contributed by atoms with Gasteiger partial charge in [0.15, 0.2) is 0 Å². The zero-order chi connectivity index (χ0) is 12.5. The minimum Gasteiger partial charge on any atom is -0.367 e. The van der Waals surface area contributed by atoms with Crippen molar-refractivity contribution in [1.29, 1.82) is 0 Å². The summed E-state index contributed by atoms with van der Waals surface area (Å²) in [5, 5.41) is 6.70. The number of rotatable bonds is 5. The monoisotopic (exact) mass is 234 g/mol. The average molecular weight is 234 g/mol. The van der Waals surface area contributed by atoms with E-state index in [2.05, 4.69) is 41.4 Å². The van der Waals surface area contributed by atoms with Crippen molar-refractivity contribution >= 4 is 11.8 Å². The third-order valence-electron chi connectivity index (χ3n) is 3.22. The maximum atomic E-state index is 4.48. The smallest absolute Gasteiger partial charge is 0.224 e. The molecule has 1 aromatic heterocycles. The van der Waals surface area contributed by atoms with Crippen molar-refractivity contribution in [2.75, 3.05) is 17.2 Å². The molecule has 1 unspecified atom stereocenters. The molecule has 1 saturated carbocycles. The summed E-state index contributed by atoms with van der Waals surface area (Å²) in [6, 6.07) is 2.56. The molecular weight excluding hydrogens is 212 g/mol. The lowest BCUT2D eigenvalue weighted by Crippen LogP contribution is -2.12. The molecular formula is C13H22N4. The zero-order valence-corrected chi connectivity index (χ0v) is 11.2. The molecule has 4 nitrogen and oxygen atoms in total. The van der Waals surface area contributed by atoms with Crippen molar-refractivity contribution in [3.63, 3.8) is 0 Å². The highest BCUT2D eigenvalue weighted by Crippen LogP contribution is 2.46. The van der Waals surface area contributed by atoms with Crippen LogP contribution in [0, 0.1) is 12.3 Å². The van der Waals surface area contributed by atoms with Crippen LogP contribution in [0.3, 0.4) is 0 Å². The summed E-state index contributed by atoms with van der Waals surface area (Å²) in [4.78, 5) is 8.86. The Morgan fingerprint density at radius 2 is 2.12 bits per heavy atom. The Morgan fingerprint density at radius 3 is 2.71 bits per heavy atom. The highest BCUT2D eigenvalue weighted by Gasteiger charge is 2.45. The molecule has 0 bridgehead atoms. The standard InChI is InChI=1S/C13H22N4/c1-5-6-14-12-15-9(2)7-11(17-12)16-10-8-13(10,3)4/h7,10H,5-6,8H2,1-4H3,(H2,14,15,16,17). The maximum absolute atomic E-state index is 4.48. The average Bonchev–Trinajstić information content (AvgIpc) is 2.82. The van der Waals surface area contributed by atoms with Gasteiger partial charge in [0.1, 0.15) is 5.82 Å². The molecule has 1 atom stereocenters. The van der Waals surface area contributed by atoms with Crippen molar-refractivity contribution in [3.05, 3.63) is 11.8 Å². The van der Waals surface area contributed by atoms with E-state index < -0.39 is 0 Å². The Morgan fingerprint density at radius 1 is 1.41 bits per heavy atom. The lowest BCUT2D eigenvalue weighted by Gasteiger charge is -2.10. The summed E-state index contributed by atoms with van der Waals surface area (Å²) in [7, 11) is 0. The zero-order valence-electron chi connectivity index (χ0n) is 11.2. The number of anilines is 2. The van der Waals surface area contributed by atoms with Gasteiger partial charge in [-0.1, -0.05) is 20.8 Å². The molecule has 0 amide bonds. The van der Waals surface area contributed by atoms with Crippen LogP contribution in [-0.4, -0.2) is 22.6 Å². The number of hydrogen-bond acceptors (Lipinski definition) is 4. The lowest BCUT2D eigenvalue weighted by atomic mass is 10.2. The number of nitrogens with zero attached hydrogens (tertiary/aromatic N) is 2. The van der Waals surface area contributed by atoms with Crippen LogP contribution in [0.25, 0.3) is 0 Å². The molecule has 1 aliphatic carbocycles. The van der Waals surface area contributed by atoms with Crippen molar-refractivity contribution in [1.82, 2.24) is 9.97 Å². The molecule has 4 heteroatoms. The van der Waals surface area contributed by atoms with Crippen molar-refractivity contribution in [2.24, 2.45) is 5.41 Å². The summed E-state index contributed by atoms with van der Waals surface area (Å²) in [5.41, 5.74) is 1.41. The van der Waals surface area contributed by atoms with Gasteiger partial charge in [0.05, 0.1) is 0 Å². The van der Waals surface area contributed by atoms with E-state index in [0.29, 0.717) is 11.5 Å². The highest BCUT2D eigenvalue weighted by atomic mass is 15.2. The molecule has 2 rings (SSSR count). The Kier molecular flexibility index (Phi) is 3.22. The molecule has 1 aliphatic rings. The second-order valence-corrected chi connectivity index (χ2v) is 5.53. The number of aromatic nitrogens is 2. The first kappa shape index (κ1) is 12.1. The van der Waals surface area contributed by atoms with E-state index in [1.54, 1.807) is 0 Å². The van der Waals surface area contributed by atoms with E-state index in [-0.39, 0.29) is 0 Å². The molecule has 0 spiro atoms. The van der Waals surface area contributed by atoms with Crippen LogP contribution < -0.4 is 10.6 Å². The predicted octanol–water partition coefficient (Wildman–Crippen LogP) is 2.82. The molecule has 2 N–H and O–H groups in total. The molecule has 17 heavy (non-hydrogen) atoms. The number of hydrogen-bond donors (Lipinski definition) is 2.